The lowest BCUT2D eigenvalue weighted by Crippen LogP contribution is -2.54. The third-order valence-corrected chi connectivity index (χ3v) is 9.03. The average molecular weight is 727 g/mol. The second-order valence-electron chi connectivity index (χ2n) is 13.2. The van der Waals surface area contributed by atoms with E-state index in [1.807, 2.05) is 28.2 Å². The van der Waals surface area contributed by atoms with E-state index in [0.29, 0.717) is 45.1 Å². The van der Waals surface area contributed by atoms with Gasteiger partial charge in [0.15, 0.2) is 0 Å². The van der Waals surface area contributed by atoms with Crippen molar-refractivity contribution in [3.05, 3.63) is 0 Å². The number of carbonyl (C=O) groups is 5. The highest BCUT2D eigenvalue weighted by Crippen LogP contribution is 2.09. The number of amides is 4. The van der Waals surface area contributed by atoms with Crippen molar-refractivity contribution >= 4 is 29.9 Å². The van der Waals surface area contributed by atoms with Crippen LogP contribution in [0.4, 0.5) is 0 Å². The van der Waals surface area contributed by atoms with Crippen molar-refractivity contribution < 1.29 is 24.0 Å². The first kappa shape index (κ1) is 48.3. The predicted octanol–water partition coefficient (Wildman–Crippen LogP) is -0.339. The SMILES string of the molecule is CNCCCCC(NC)C(=O)NC(CCCCNC)C(=O)NCCCC(CC=O)NC(=O)C(CCCCNC)NC(=O)C(CCCCNC)NC. The molecule has 0 aliphatic heterocycles. The van der Waals surface area contributed by atoms with Crippen molar-refractivity contribution in [1.82, 2.24) is 53.2 Å². The van der Waals surface area contributed by atoms with Gasteiger partial charge in [0.05, 0.1) is 12.1 Å². The molecule has 0 spiro atoms. The fourth-order valence-electron chi connectivity index (χ4n) is 5.85. The number of carbonyl (C=O) groups excluding carboxylic acids is 5. The van der Waals surface area contributed by atoms with Crippen LogP contribution >= 0.6 is 0 Å². The van der Waals surface area contributed by atoms with Crippen molar-refractivity contribution in [2.24, 2.45) is 0 Å². The first-order valence-electron chi connectivity index (χ1n) is 19.3. The Kier molecular flexibility index (Phi) is 31.4. The van der Waals surface area contributed by atoms with Crippen LogP contribution in [0.15, 0.2) is 0 Å². The summed E-state index contributed by atoms with van der Waals surface area (Å²) in [5.41, 5.74) is 0. The minimum absolute atomic E-state index is 0.120. The van der Waals surface area contributed by atoms with Crippen LogP contribution in [0.5, 0.6) is 0 Å². The monoisotopic (exact) mass is 727 g/mol. The summed E-state index contributed by atoms with van der Waals surface area (Å²) in [6.45, 7) is 3.71. The molecular formula is C36H74N10O5. The molecule has 5 atom stereocenters. The Morgan fingerprint density at radius 1 is 0.431 bits per heavy atom. The highest BCUT2D eigenvalue weighted by molar-refractivity contribution is 5.90. The van der Waals surface area contributed by atoms with E-state index in [1.54, 1.807) is 14.1 Å². The molecule has 4 amide bonds. The van der Waals surface area contributed by atoms with E-state index in [2.05, 4.69) is 53.2 Å². The molecule has 0 aromatic carbocycles. The van der Waals surface area contributed by atoms with Crippen LogP contribution in [0.3, 0.4) is 0 Å². The van der Waals surface area contributed by atoms with Gasteiger partial charge >= 0.3 is 0 Å². The molecule has 0 saturated carbocycles. The standard InChI is InChI=1S/C36H74N10O5/c1-37-22-11-7-17-29(41-5)34(49)45-31(19-9-13-24-39-3)33(48)43-26-15-16-28(21-27-47)44-36(51)32(20-10-14-25-40-4)46-35(50)30(42-6)18-8-12-23-38-2/h27-32,37-42H,7-26H2,1-6H3,(H,43,48)(H,44,51)(H,45,49)(H,46,50). The highest BCUT2D eigenvalue weighted by Gasteiger charge is 2.27. The molecular weight excluding hydrogens is 652 g/mol. The molecule has 51 heavy (non-hydrogen) atoms. The van der Waals surface area contributed by atoms with Gasteiger partial charge in [-0.05, 0) is 146 Å². The van der Waals surface area contributed by atoms with Gasteiger partial charge in [0.1, 0.15) is 18.4 Å². The van der Waals surface area contributed by atoms with Gasteiger partial charge in [-0.3, -0.25) is 19.2 Å². The van der Waals surface area contributed by atoms with E-state index in [-0.39, 0.29) is 36.1 Å². The molecule has 0 rings (SSSR count). The van der Waals surface area contributed by atoms with Gasteiger partial charge < -0.3 is 58.0 Å². The fourth-order valence-corrected chi connectivity index (χ4v) is 5.85. The Labute approximate surface area is 308 Å². The number of aldehydes is 1. The number of unbranched alkanes of at least 4 members (excludes halogenated alkanes) is 4. The topological polar surface area (TPSA) is 206 Å². The number of nitrogens with one attached hydrogen (secondary N) is 10. The van der Waals surface area contributed by atoms with Crippen molar-refractivity contribution in [1.29, 1.82) is 0 Å². The fraction of sp³-hybridized carbons (Fsp3) is 0.861. The maximum absolute atomic E-state index is 13.5. The molecule has 0 heterocycles. The highest BCUT2D eigenvalue weighted by atomic mass is 16.2. The lowest BCUT2D eigenvalue weighted by Gasteiger charge is -2.25. The normalized spacial score (nSPS) is 14.2. The molecule has 298 valence electrons. The quantitative estimate of drug-likeness (QED) is 0.0302. The number of hydrogen-bond acceptors (Lipinski definition) is 11. The van der Waals surface area contributed by atoms with E-state index in [1.165, 1.54) is 0 Å². The molecule has 0 aromatic heterocycles. The maximum atomic E-state index is 13.5. The minimum Gasteiger partial charge on any atom is -0.354 e. The van der Waals surface area contributed by atoms with Gasteiger partial charge in [-0.25, -0.2) is 0 Å². The summed E-state index contributed by atoms with van der Waals surface area (Å²) in [5.74, 6) is -0.967. The van der Waals surface area contributed by atoms with E-state index in [0.717, 1.165) is 83.8 Å². The third-order valence-electron chi connectivity index (χ3n) is 9.03. The molecule has 0 saturated heterocycles. The average Bonchev–Trinajstić information content (AvgIpc) is 3.12. The first-order chi connectivity index (χ1) is 24.7. The van der Waals surface area contributed by atoms with Crippen LogP contribution in [0.25, 0.3) is 0 Å². The van der Waals surface area contributed by atoms with E-state index in [4.69, 9.17) is 0 Å². The molecule has 0 fully saturated rings. The molecule has 15 heteroatoms. The zero-order valence-electron chi connectivity index (χ0n) is 32.6. The maximum Gasteiger partial charge on any atom is 0.242 e. The van der Waals surface area contributed by atoms with Gasteiger partial charge in [0.2, 0.25) is 23.6 Å². The van der Waals surface area contributed by atoms with Crippen LogP contribution in [-0.2, 0) is 24.0 Å². The van der Waals surface area contributed by atoms with Gasteiger partial charge in [-0.2, -0.15) is 0 Å². The zero-order valence-corrected chi connectivity index (χ0v) is 32.6. The van der Waals surface area contributed by atoms with E-state index >= 15 is 0 Å². The lowest BCUT2D eigenvalue weighted by molar-refractivity contribution is -0.130. The first-order valence-corrected chi connectivity index (χ1v) is 19.3. The second-order valence-corrected chi connectivity index (χ2v) is 13.2. The summed E-state index contributed by atoms with van der Waals surface area (Å²) in [6.07, 6.45) is 11.1. The summed E-state index contributed by atoms with van der Waals surface area (Å²) in [6, 6.07) is -2.63. The van der Waals surface area contributed by atoms with Crippen molar-refractivity contribution in [2.45, 2.75) is 127 Å². The summed E-state index contributed by atoms with van der Waals surface area (Å²) < 4.78 is 0. The Balaban J connectivity index is 5.32. The molecule has 0 aromatic rings. The van der Waals surface area contributed by atoms with Crippen molar-refractivity contribution in [2.75, 3.05) is 75.0 Å². The van der Waals surface area contributed by atoms with Gasteiger partial charge in [0, 0.05) is 19.0 Å². The van der Waals surface area contributed by atoms with Gasteiger partial charge in [-0.1, -0.05) is 12.8 Å². The van der Waals surface area contributed by atoms with Crippen LogP contribution < -0.4 is 53.2 Å². The minimum atomic E-state index is -0.728. The molecule has 0 radical (unpaired) electrons. The number of likely N-dealkylation sites (N-methyl/N-ethyl adjacent to an activating group) is 2. The Morgan fingerprint density at radius 2 is 0.804 bits per heavy atom. The molecule has 0 aliphatic rings. The molecule has 10 N–H and O–H groups in total. The van der Waals surface area contributed by atoms with Gasteiger partial charge in [0.25, 0.3) is 0 Å². The Bertz CT molecular complexity index is 929. The Morgan fingerprint density at radius 3 is 1.18 bits per heavy atom. The third kappa shape index (κ3) is 24.2. The smallest absolute Gasteiger partial charge is 0.242 e. The Hall–Kier alpha value is -2.69. The number of hydrogen-bond donors (Lipinski definition) is 10. The van der Waals surface area contributed by atoms with Crippen molar-refractivity contribution in [3.8, 4) is 0 Å². The van der Waals surface area contributed by atoms with Crippen LogP contribution in [0.2, 0.25) is 0 Å². The lowest BCUT2D eigenvalue weighted by atomic mass is 10.0. The van der Waals surface area contributed by atoms with E-state index in [9.17, 15) is 24.0 Å². The zero-order chi connectivity index (χ0) is 38.1. The summed E-state index contributed by atoms with van der Waals surface area (Å²) in [4.78, 5) is 64.6. The van der Waals surface area contributed by atoms with E-state index < -0.39 is 24.2 Å². The summed E-state index contributed by atoms with van der Waals surface area (Å²) in [7, 11) is 11.1. The molecule has 0 aliphatic carbocycles. The second kappa shape index (κ2) is 33.2. The summed E-state index contributed by atoms with van der Waals surface area (Å²) in [5, 5.41) is 30.5. The predicted molar refractivity (Wildman–Crippen MR) is 206 cm³/mol. The number of rotatable bonds is 35. The molecule has 5 unspecified atom stereocenters. The van der Waals surface area contributed by atoms with Crippen LogP contribution in [0, 0.1) is 0 Å². The van der Waals surface area contributed by atoms with Crippen LogP contribution in [0.1, 0.15) is 96.3 Å². The summed E-state index contributed by atoms with van der Waals surface area (Å²) >= 11 is 0. The largest absolute Gasteiger partial charge is 0.354 e. The van der Waals surface area contributed by atoms with Gasteiger partial charge in [-0.15, -0.1) is 0 Å². The van der Waals surface area contributed by atoms with Crippen LogP contribution in [-0.4, -0.2) is 135 Å². The molecule has 0 bridgehead atoms. The molecule has 15 nitrogen and oxygen atoms in total. The van der Waals surface area contributed by atoms with Crippen molar-refractivity contribution in [3.63, 3.8) is 0 Å².